The molecule has 0 saturated carbocycles. The molecule has 0 aromatic heterocycles. The molecule has 0 aliphatic carbocycles. The van der Waals surface area contributed by atoms with Gasteiger partial charge in [0.15, 0.2) is 0 Å². The van der Waals surface area contributed by atoms with Crippen LogP contribution in [0.4, 0.5) is 0 Å². The smallest absolute Gasteiger partial charge is 0.343 e. The number of aryl methyl sites for hydroxylation is 1. The molecule has 0 bridgehead atoms. The van der Waals surface area contributed by atoms with Gasteiger partial charge in [0.1, 0.15) is 5.75 Å². The minimum absolute atomic E-state index is 0.379. The van der Waals surface area contributed by atoms with Gasteiger partial charge in [-0.25, -0.2) is 4.79 Å². The summed E-state index contributed by atoms with van der Waals surface area (Å²) in [6.07, 6.45) is 3.90. The Bertz CT molecular complexity index is 1190. The van der Waals surface area contributed by atoms with E-state index < -0.39 is 0 Å². The van der Waals surface area contributed by atoms with Crippen molar-refractivity contribution in [2.45, 2.75) is 12.8 Å². The summed E-state index contributed by atoms with van der Waals surface area (Å²) in [7, 11) is 0. The maximum absolute atomic E-state index is 12.6. The van der Waals surface area contributed by atoms with Crippen molar-refractivity contribution in [3.8, 4) is 28.0 Å². The fourth-order valence-electron chi connectivity index (χ4n) is 3.46. The molecule has 0 N–H and O–H groups in total. The van der Waals surface area contributed by atoms with Crippen molar-refractivity contribution in [2.24, 2.45) is 0 Å². The molecule has 32 heavy (non-hydrogen) atoms. The zero-order valence-electron chi connectivity index (χ0n) is 17.6. The molecule has 0 fully saturated rings. The van der Waals surface area contributed by atoms with Crippen LogP contribution in [0, 0.1) is 0 Å². The van der Waals surface area contributed by atoms with Crippen molar-refractivity contribution < 1.29 is 9.53 Å². The maximum atomic E-state index is 12.6. The highest BCUT2D eigenvalue weighted by atomic mass is 35.5. The van der Waals surface area contributed by atoms with E-state index in [9.17, 15) is 4.79 Å². The summed E-state index contributed by atoms with van der Waals surface area (Å²) in [6.45, 7) is 3.77. The van der Waals surface area contributed by atoms with Gasteiger partial charge >= 0.3 is 5.97 Å². The monoisotopic (exact) mass is 438 g/mol. The number of esters is 1. The molecule has 4 rings (SSSR count). The number of hydrogen-bond donors (Lipinski definition) is 0. The van der Waals surface area contributed by atoms with E-state index in [1.807, 2.05) is 54.6 Å². The first-order chi connectivity index (χ1) is 15.6. The average molecular weight is 439 g/mol. The number of hydrogen-bond acceptors (Lipinski definition) is 2. The van der Waals surface area contributed by atoms with Gasteiger partial charge in [-0.05, 0) is 77.1 Å². The van der Waals surface area contributed by atoms with Crippen molar-refractivity contribution in [1.82, 2.24) is 0 Å². The molecule has 0 saturated heterocycles. The molecule has 0 aliphatic heterocycles. The number of halogens is 1. The molecule has 0 unspecified atom stereocenters. The third-order valence-corrected chi connectivity index (χ3v) is 5.54. The van der Waals surface area contributed by atoms with Crippen LogP contribution >= 0.6 is 11.6 Å². The summed E-state index contributed by atoms with van der Waals surface area (Å²) in [4.78, 5) is 12.6. The van der Waals surface area contributed by atoms with E-state index in [0.29, 0.717) is 16.3 Å². The maximum Gasteiger partial charge on any atom is 0.343 e. The van der Waals surface area contributed by atoms with Crippen LogP contribution in [0.25, 0.3) is 22.3 Å². The fourth-order valence-corrected chi connectivity index (χ4v) is 3.58. The first kappa shape index (κ1) is 21.6. The van der Waals surface area contributed by atoms with Crippen molar-refractivity contribution >= 4 is 17.6 Å². The average Bonchev–Trinajstić information content (AvgIpc) is 2.84. The van der Waals surface area contributed by atoms with Gasteiger partial charge in [0.25, 0.3) is 0 Å². The Balaban J connectivity index is 1.40. The van der Waals surface area contributed by atoms with E-state index >= 15 is 0 Å². The van der Waals surface area contributed by atoms with Gasteiger partial charge < -0.3 is 4.74 Å². The predicted octanol–water partition coefficient (Wildman–Crippen LogP) is 8.01. The lowest BCUT2D eigenvalue weighted by atomic mass is 10.0. The van der Waals surface area contributed by atoms with Crippen LogP contribution in [0.3, 0.4) is 0 Å². The second kappa shape index (κ2) is 10.1. The van der Waals surface area contributed by atoms with Crippen molar-refractivity contribution in [2.75, 3.05) is 0 Å². The summed E-state index contributed by atoms with van der Waals surface area (Å²) < 4.78 is 5.54. The molecular formula is C29H23ClO2. The second-order valence-electron chi connectivity index (χ2n) is 7.52. The molecule has 158 valence electrons. The quantitative estimate of drug-likeness (QED) is 0.166. The van der Waals surface area contributed by atoms with Crippen molar-refractivity contribution in [3.63, 3.8) is 0 Å². The lowest BCUT2D eigenvalue weighted by Crippen LogP contribution is -2.08. The van der Waals surface area contributed by atoms with Gasteiger partial charge in [-0.15, -0.1) is 6.58 Å². The molecule has 0 atom stereocenters. The first-order valence-corrected chi connectivity index (χ1v) is 10.9. The number of benzene rings is 4. The standard InChI is InChI=1S/C29H23ClO2/c1-2-3-4-21-5-7-22(8-6-21)23-9-11-26(12-10-23)29(31)32-28-19-15-25(16-20-28)24-13-17-27(30)18-14-24/h2,5-20H,1,3-4H2. The van der Waals surface area contributed by atoms with E-state index in [0.717, 1.165) is 35.1 Å². The predicted molar refractivity (Wildman–Crippen MR) is 132 cm³/mol. The molecule has 0 radical (unpaired) electrons. The summed E-state index contributed by atoms with van der Waals surface area (Å²) in [6, 6.07) is 31.0. The number of carbonyl (C=O) groups is 1. The Labute approximate surface area is 193 Å². The molecular weight excluding hydrogens is 416 g/mol. The summed E-state index contributed by atoms with van der Waals surface area (Å²) in [5.41, 5.74) is 6.06. The molecule has 0 heterocycles. The third kappa shape index (κ3) is 5.35. The number of rotatable bonds is 7. The van der Waals surface area contributed by atoms with E-state index in [1.54, 1.807) is 24.3 Å². The molecule has 0 amide bonds. The van der Waals surface area contributed by atoms with Crippen LogP contribution in [0.1, 0.15) is 22.3 Å². The zero-order valence-corrected chi connectivity index (χ0v) is 18.4. The Hall–Kier alpha value is -3.62. The highest BCUT2D eigenvalue weighted by Gasteiger charge is 2.09. The van der Waals surface area contributed by atoms with Gasteiger partial charge in [-0.3, -0.25) is 0 Å². The van der Waals surface area contributed by atoms with Gasteiger partial charge in [-0.1, -0.05) is 78.3 Å². The molecule has 0 aliphatic rings. The highest BCUT2D eigenvalue weighted by Crippen LogP contribution is 2.25. The summed E-state index contributed by atoms with van der Waals surface area (Å²) in [5.74, 6) is 0.127. The molecule has 2 nitrogen and oxygen atoms in total. The lowest BCUT2D eigenvalue weighted by Gasteiger charge is -2.08. The van der Waals surface area contributed by atoms with Gasteiger partial charge in [0.2, 0.25) is 0 Å². The van der Waals surface area contributed by atoms with Crippen molar-refractivity contribution in [3.05, 3.63) is 126 Å². The normalized spacial score (nSPS) is 10.5. The zero-order chi connectivity index (χ0) is 22.3. The Morgan fingerprint density at radius 2 is 1.19 bits per heavy atom. The molecule has 4 aromatic rings. The van der Waals surface area contributed by atoms with Crippen LogP contribution in [-0.2, 0) is 6.42 Å². The van der Waals surface area contributed by atoms with Crippen LogP contribution in [0.15, 0.2) is 110 Å². The van der Waals surface area contributed by atoms with Crippen LogP contribution in [0.5, 0.6) is 5.75 Å². The Morgan fingerprint density at radius 1 is 0.719 bits per heavy atom. The van der Waals surface area contributed by atoms with E-state index in [1.165, 1.54) is 5.56 Å². The number of ether oxygens (including phenoxy) is 1. The topological polar surface area (TPSA) is 26.3 Å². The van der Waals surface area contributed by atoms with Gasteiger partial charge in [-0.2, -0.15) is 0 Å². The Morgan fingerprint density at radius 3 is 1.72 bits per heavy atom. The lowest BCUT2D eigenvalue weighted by molar-refractivity contribution is 0.0735. The molecule has 3 heteroatoms. The minimum Gasteiger partial charge on any atom is -0.423 e. The van der Waals surface area contributed by atoms with E-state index in [2.05, 4.69) is 30.8 Å². The van der Waals surface area contributed by atoms with E-state index in [-0.39, 0.29) is 5.97 Å². The van der Waals surface area contributed by atoms with Gasteiger partial charge in [0, 0.05) is 5.02 Å². The minimum atomic E-state index is -0.379. The van der Waals surface area contributed by atoms with Crippen LogP contribution in [-0.4, -0.2) is 5.97 Å². The van der Waals surface area contributed by atoms with Crippen LogP contribution < -0.4 is 4.74 Å². The Kier molecular flexibility index (Phi) is 6.84. The SMILES string of the molecule is C=CCCc1ccc(-c2ccc(C(=O)Oc3ccc(-c4ccc(Cl)cc4)cc3)cc2)cc1. The van der Waals surface area contributed by atoms with Crippen LogP contribution in [0.2, 0.25) is 5.02 Å². The third-order valence-electron chi connectivity index (χ3n) is 5.29. The molecule has 4 aromatic carbocycles. The van der Waals surface area contributed by atoms with E-state index in [4.69, 9.17) is 16.3 Å². The highest BCUT2D eigenvalue weighted by molar-refractivity contribution is 6.30. The second-order valence-corrected chi connectivity index (χ2v) is 7.96. The number of allylic oxidation sites excluding steroid dienone is 1. The largest absolute Gasteiger partial charge is 0.423 e. The summed E-state index contributed by atoms with van der Waals surface area (Å²) in [5, 5.41) is 0.700. The van der Waals surface area contributed by atoms with Crippen molar-refractivity contribution in [1.29, 1.82) is 0 Å². The van der Waals surface area contributed by atoms with Gasteiger partial charge in [0.05, 0.1) is 5.56 Å². The molecule has 0 spiro atoms. The first-order valence-electron chi connectivity index (χ1n) is 10.5. The fraction of sp³-hybridized carbons (Fsp3) is 0.0690. The summed E-state index contributed by atoms with van der Waals surface area (Å²) >= 11 is 5.95. The number of carbonyl (C=O) groups excluding carboxylic acids is 1.